The van der Waals surface area contributed by atoms with E-state index in [0.29, 0.717) is 28.4 Å². The van der Waals surface area contributed by atoms with Crippen LogP contribution in [-0.2, 0) is 0 Å². The first-order valence-corrected chi connectivity index (χ1v) is 8.56. The minimum absolute atomic E-state index is 0.262. The molecule has 2 aromatic rings. The molecule has 1 saturated heterocycles. The average Bonchev–Trinajstić information content (AvgIpc) is 2.98. The first kappa shape index (κ1) is 17.7. The summed E-state index contributed by atoms with van der Waals surface area (Å²) in [7, 11) is 2.03. The van der Waals surface area contributed by atoms with Crippen LogP contribution in [-0.4, -0.2) is 42.8 Å². The SMILES string of the molecule is CN1CC[C@H](CN(C(=O)O)c2ccc(F)cc2-c2cccc(Cl)c2)C1. The lowest BCUT2D eigenvalue weighted by molar-refractivity contribution is 0.200. The van der Waals surface area contributed by atoms with Gasteiger partial charge in [-0.2, -0.15) is 0 Å². The van der Waals surface area contributed by atoms with E-state index < -0.39 is 11.9 Å². The molecule has 2 aromatic carbocycles. The number of amides is 1. The molecule has 0 saturated carbocycles. The van der Waals surface area contributed by atoms with Crippen molar-refractivity contribution < 1.29 is 14.3 Å². The van der Waals surface area contributed by atoms with Gasteiger partial charge in [0.1, 0.15) is 5.82 Å². The highest BCUT2D eigenvalue weighted by atomic mass is 35.5. The predicted octanol–water partition coefficient (Wildman–Crippen LogP) is 4.58. The highest BCUT2D eigenvalue weighted by molar-refractivity contribution is 6.30. The fraction of sp³-hybridized carbons (Fsp3) is 0.316. The maximum atomic E-state index is 13.8. The number of benzene rings is 2. The molecule has 0 radical (unpaired) electrons. The van der Waals surface area contributed by atoms with Gasteiger partial charge in [0.2, 0.25) is 0 Å². The molecule has 0 unspecified atom stereocenters. The number of nitrogens with zero attached hydrogens (tertiary/aromatic N) is 2. The Hall–Kier alpha value is -2.11. The van der Waals surface area contributed by atoms with Gasteiger partial charge >= 0.3 is 6.09 Å². The van der Waals surface area contributed by atoms with E-state index in [0.717, 1.165) is 19.5 Å². The van der Waals surface area contributed by atoms with Crippen molar-refractivity contribution in [3.8, 4) is 11.1 Å². The van der Waals surface area contributed by atoms with Gasteiger partial charge in [0.15, 0.2) is 0 Å². The van der Waals surface area contributed by atoms with E-state index >= 15 is 0 Å². The zero-order valence-electron chi connectivity index (χ0n) is 14.0. The van der Waals surface area contributed by atoms with Gasteiger partial charge < -0.3 is 10.0 Å². The molecular formula is C19H20ClFN2O2. The maximum Gasteiger partial charge on any atom is 0.411 e. The molecule has 1 aliphatic rings. The van der Waals surface area contributed by atoms with E-state index in [4.69, 9.17) is 11.6 Å². The number of hydrogen-bond donors (Lipinski definition) is 1. The lowest BCUT2D eigenvalue weighted by atomic mass is 10.0. The summed E-state index contributed by atoms with van der Waals surface area (Å²) in [5, 5.41) is 10.3. The van der Waals surface area contributed by atoms with Crippen LogP contribution in [0.2, 0.25) is 5.02 Å². The van der Waals surface area contributed by atoms with Crippen molar-refractivity contribution in [1.29, 1.82) is 0 Å². The Labute approximate surface area is 151 Å². The lowest BCUT2D eigenvalue weighted by Crippen LogP contribution is -2.35. The minimum atomic E-state index is -1.04. The molecule has 0 spiro atoms. The molecule has 0 bridgehead atoms. The van der Waals surface area contributed by atoms with Crippen molar-refractivity contribution in [2.75, 3.05) is 31.6 Å². The Morgan fingerprint density at radius 1 is 1.36 bits per heavy atom. The molecule has 4 nitrogen and oxygen atoms in total. The van der Waals surface area contributed by atoms with E-state index in [1.807, 2.05) is 7.05 Å². The molecular weight excluding hydrogens is 343 g/mol. The Balaban J connectivity index is 2.00. The third kappa shape index (κ3) is 4.11. The third-order valence-electron chi connectivity index (χ3n) is 4.55. The topological polar surface area (TPSA) is 43.8 Å². The summed E-state index contributed by atoms with van der Waals surface area (Å²) in [6.45, 7) is 2.21. The number of hydrogen-bond acceptors (Lipinski definition) is 2. The molecule has 25 heavy (non-hydrogen) atoms. The van der Waals surface area contributed by atoms with E-state index in [2.05, 4.69) is 4.90 Å². The largest absolute Gasteiger partial charge is 0.465 e. The Morgan fingerprint density at radius 2 is 2.16 bits per heavy atom. The third-order valence-corrected chi connectivity index (χ3v) is 4.78. The van der Waals surface area contributed by atoms with Gasteiger partial charge in [0.25, 0.3) is 0 Å². The van der Waals surface area contributed by atoms with Crippen LogP contribution in [0.3, 0.4) is 0 Å². The summed E-state index contributed by atoms with van der Waals surface area (Å²) in [5.41, 5.74) is 1.69. The van der Waals surface area contributed by atoms with Gasteiger partial charge in [-0.15, -0.1) is 0 Å². The molecule has 1 fully saturated rings. The number of halogens is 2. The lowest BCUT2D eigenvalue weighted by Gasteiger charge is -2.25. The highest BCUT2D eigenvalue weighted by Crippen LogP contribution is 2.34. The van der Waals surface area contributed by atoms with Crippen molar-refractivity contribution >= 4 is 23.4 Å². The molecule has 1 atom stereocenters. The van der Waals surface area contributed by atoms with Gasteiger partial charge in [0, 0.05) is 23.7 Å². The molecule has 0 aliphatic carbocycles. The smallest absolute Gasteiger partial charge is 0.411 e. The average molecular weight is 363 g/mol. The maximum absolute atomic E-state index is 13.8. The standard InChI is InChI=1S/C19H20ClFN2O2/c1-22-8-7-13(11-22)12-23(19(24)25)18-6-5-16(21)10-17(18)14-3-2-4-15(20)9-14/h2-6,9-10,13H,7-8,11-12H2,1H3,(H,24,25)/t13-/m0/s1. The van der Waals surface area contributed by atoms with Crippen molar-refractivity contribution in [2.24, 2.45) is 5.92 Å². The summed E-state index contributed by atoms with van der Waals surface area (Å²) in [6.07, 6.45) is -0.0852. The van der Waals surface area contributed by atoms with Crippen molar-refractivity contribution in [3.63, 3.8) is 0 Å². The Morgan fingerprint density at radius 3 is 2.80 bits per heavy atom. The number of carbonyl (C=O) groups is 1. The number of rotatable bonds is 4. The molecule has 6 heteroatoms. The molecule has 132 valence electrons. The van der Waals surface area contributed by atoms with Crippen LogP contribution >= 0.6 is 11.6 Å². The fourth-order valence-corrected chi connectivity index (χ4v) is 3.53. The molecule has 1 amide bonds. The van der Waals surface area contributed by atoms with Crippen LogP contribution in [0.1, 0.15) is 6.42 Å². The summed E-state index contributed by atoms with van der Waals surface area (Å²) in [5.74, 6) is -0.150. The second-order valence-electron chi connectivity index (χ2n) is 6.48. The van der Waals surface area contributed by atoms with Crippen molar-refractivity contribution in [1.82, 2.24) is 4.90 Å². The second-order valence-corrected chi connectivity index (χ2v) is 6.92. The van der Waals surface area contributed by atoms with Gasteiger partial charge in [-0.25, -0.2) is 9.18 Å². The minimum Gasteiger partial charge on any atom is -0.465 e. The zero-order chi connectivity index (χ0) is 18.0. The first-order valence-electron chi connectivity index (χ1n) is 8.18. The molecule has 1 heterocycles. The van der Waals surface area contributed by atoms with Crippen LogP contribution < -0.4 is 4.90 Å². The van der Waals surface area contributed by atoms with E-state index in [9.17, 15) is 14.3 Å². The quantitative estimate of drug-likeness (QED) is 0.865. The summed E-state index contributed by atoms with van der Waals surface area (Å²) in [4.78, 5) is 15.4. The predicted molar refractivity (Wildman–Crippen MR) is 97.8 cm³/mol. The molecule has 0 aromatic heterocycles. The second kappa shape index (κ2) is 7.42. The number of likely N-dealkylation sites (tertiary alicyclic amines) is 1. The van der Waals surface area contributed by atoms with Crippen molar-refractivity contribution in [2.45, 2.75) is 6.42 Å². The summed E-state index contributed by atoms with van der Waals surface area (Å²) in [6, 6.07) is 11.2. The summed E-state index contributed by atoms with van der Waals surface area (Å²) >= 11 is 6.05. The number of carboxylic acid groups (broad SMARTS) is 1. The van der Waals surface area contributed by atoms with E-state index in [-0.39, 0.29) is 5.92 Å². The molecule has 3 rings (SSSR count). The normalized spacial score (nSPS) is 17.6. The van der Waals surface area contributed by atoms with Crippen LogP contribution in [0, 0.1) is 11.7 Å². The van der Waals surface area contributed by atoms with Gasteiger partial charge in [-0.3, -0.25) is 4.90 Å². The Bertz CT molecular complexity index is 784. The Kier molecular flexibility index (Phi) is 5.25. The summed E-state index contributed by atoms with van der Waals surface area (Å²) < 4.78 is 13.8. The monoisotopic (exact) mass is 362 g/mol. The van der Waals surface area contributed by atoms with Crippen LogP contribution in [0.4, 0.5) is 14.9 Å². The highest BCUT2D eigenvalue weighted by Gasteiger charge is 2.27. The van der Waals surface area contributed by atoms with Crippen molar-refractivity contribution in [3.05, 3.63) is 53.3 Å². The molecule has 1 aliphatic heterocycles. The first-order chi connectivity index (χ1) is 11.9. The van der Waals surface area contributed by atoms with Crippen LogP contribution in [0.25, 0.3) is 11.1 Å². The molecule has 1 N–H and O–H groups in total. The van der Waals surface area contributed by atoms with Crippen LogP contribution in [0.15, 0.2) is 42.5 Å². The zero-order valence-corrected chi connectivity index (χ0v) is 14.7. The van der Waals surface area contributed by atoms with Gasteiger partial charge in [0.05, 0.1) is 5.69 Å². The van der Waals surface area contributed by atoms with Crippen LogP contribution in [0.5, 0.6) is 0 Å². The van der Waals surface area contributed by atoms with E-state index in [1.54, 1.807) is 24.3 Å². The fourth-order valence-electron chi connectivity index (χ4n) is 3.34. The van der Waals surface area contributed by atoms with E-state index in [1.165, 1.54) is 23.1 Å². The van der Waals surface area contributed by atoms with Gasteiger partial charge in [-0.05, 0) is 61.8 Å². The van der Waals surface area contributed by atoms with Gasteiger partial charge in [-0.1, -0.05) is 23.7 Å². The number of anilines is 1.